The van der Waals surface area contributed by atoms with Crippen molar-refractivity contribution in [3.8, 4) is 11.5 Å². The molecule has 0 atom stereocenters. The number of hydrogen-bond donors (Lipinski definition) is 3. The van der Waals surface area contributed by atoms with E-state index < -0.39 is 0 Å². The zero-order valence-electron chi connectivity index (χ0n) is 15.1. The number of piperidine rings is 1. The van der Waals surface area contributed by atoms with Crippen molar-refractivity contribution in [3.63, 3.8) is 0 Å². The van der Waals surface area contributed by atoms with Crippen LogP contribution in [0, 0.1) is 5.92 Å². The van der Waals surface area contributed by atoms with Crippen molar-refractivity contribution < 1.29 is 0 Å². The van der Waals surface area contributed by atoms with Gasteiger partial charge in [-0.3, -0.25) is 5.10 Å². The SMILES string of the molecule is C=C(Nc1cn[nH]c1-c1nc2c([nH]1)CN(C)CC2)C1CCN(C)CC1. The largest absolute Gasteiger partial charge is 0.356 e. The number of anilines is 1. The van der Waals surface area contributed by atoms with E-state index in [4.69, 9.17) is 4.98 Å². The summed E-state index contributed by atoms with van der Waals surface area (Å²) in [6.07, 6.45) is 5.11. The molecule has 0 aromatic carbocycles. The Morgan fingerprint density at radius 1 is 1.24 bits per heavy atom. The number of likely N-dealkylation sites (tertiary alicyclic amines) is 1. The lowest BCUT2D eigenvalue weighted by atomic mass is 9.94. The van der Waals surface area contributed by atoms with Crippen molar-refractivity contribution in [2.75, 3.05) is 39.0 Å². The molecule has 0 radical (unpaired) electrons. The Morgan fingerprint density at radius 2 is 2.04 bits per heavy atom. The Bertz CT molecular complexity index is 751. The van der Waals surface area contributed by atoms with E-state index in [-0.39, 0.29) is 0 Å². The first-order valence-corrected chi connectivity index (χ1v) is 9.04. The van der Waals surface area contributed by atoms with E-state index in [2.05, 4.69) is 51.0 Å². The molecule has 1 saturated heterocycles. The maximum absolute atomic E-state index is 4.79. The van der Waals surface area contributed by atoms with Gasteiger partial charge in [0.1, 0.15) is 5.69 Å². The van der Waals surface area contributed by atoms with E-state index in [1.807, 2.05) is 6.20 Å². The first kappa shape index (κ1) is 16.4. The van der Waals surface area contributed by atoms with Crippen LogP contribution in [0.2, 0.25) is 0 Å². The third-order valence-electron chi connectivity index (χ3n) is 5.41. The van der Waals surface area contributed by atoms with Crippen molar-refractivity contribution in [2.24, 2.45) is 5.92 Å². The fraction of sp³-hybridized carbons (Fsp3) is 0.556. The standard InChI is InChI=1S/C18H27N7/c1-12(13-4-7-24(2)8-5-13)20-15-10-19-23-17(15)18-21-14-6-9-25(3)11-16(14)22-18/h10,13,20H,1,4-9,11H2,2-3H3,(H,19,23)(H,21,22). The van der Waals surface area contributed by atoms with E-state index in [1.54, 1.807) is 0 Å². The van der Waals surface area contributed by atoms with Crippen LogP contribution < -0.4 is 5.32 Å². The van der Waals surface area contributed by atoms with Crippen molar-refractivity contribution >= 4 is 5.69 Å². The minimum absolute atomic E-state index is 0.511. The van der Waals surface area contributed by atoms with Crippen molar-refractivity contribution in [2.45, 2.75) is 25.8 Å². The fourth-order valence-electron chi connectivity index (χ4n) is 3.74. The van der Waals surface area contributed by atoms with Crippen molar-refractivity contribution in [1.29, 1.82) is 0 Å². The van der Waals surface area contributed by atoms with Crippen LogP contribution >= 0.6 is 0 Å². The summed E-state index contributed by atoms with van der Waals surface area (Å²) in [5, 5.41) is 10.8. The quantitative estimate of drug-likeness (QED) is 0.794. The van der Waals surface area contributed by atoms with Crippen LogP contribution in [0.4, 0.5) is 5.69 Å². The molecule has 0 unspecified atom stereocenters. The molecule has 7 heteroatoms. The monoisotopic (exact) mass is 341 g/mol. The number of fused-ring (bicyclic) bond motifs is 1. The van der Waals surface area contributed by atoms with E-state index in [0.717, 1.165) is 68.3 Å². The molecule has 4 heterocycles. The molecule has 2 aromatic heterocycles. The normalized spacial score (nSPS) is 19.8. The Morgan fingerprint density at radius 3 is 2.84 bits per heavy atom. The van der Waals surface area contributed by atoms with Gasteiger partial charge < -0.3 is 20.1 Å². The van der Waals surface area contributed by atoms with Crippen molar-refractivity contribution in [1.82, 2.24) is 30.0 Å². The van der Waals surface area contributed by atoms with Gasteiger partial charge in [-0.05, 0) is 40.0 Å². The molecular weight excluding hydrogens is 314 g/mol. The first-order chi connectivity index (χ1) is 12.1. The van der Waals surface area contributed by atoms with Crippen LogP contribution in [0.25, 0.3) is 11.5 Å². The molecule has 4 rings (SSSR count). The third kappa shape index (κ3) is 3.34. The number of aromatic amines is 2. The molecule has 1 fully saturated rings. The van der Waals surface area contributed by atoms with E-state index in [0.29, 0.717) is 5.92 Å². The van der Waals surface area contributed by atoms with Gasteiger partial charge in [-0.25, -0.2) is 4.98 Å². The molecule has 0 bridgehead atoms. The van der Waals surface area contributed by atoms with Gasteiger partial charge in [0, 0.05) is 31.1 Å². The summed E-state index contributed by atoms with van der Waals surface area (Å²) in [7, 11) is 4.31. The van der Waals surface area contributed by atoms with E-state index in [1.165, 1.54) is 11.4 Å². The molecule has 2 aliphatic rings. The highest BCUT2D eigenvalue weighted by molar-refractivity contribution is 5.70. The molecule has 2 aromatic rings. The molecule has 2 aliphatic heterocycles. The van der Waals surface area contributed by atoms with Gasteiger partial charge in [0.05, 0.1) is 23.3 Å². The second-order valence-electron chi connectivity index (χ2n) is 7.38. The topological polar surface area (TPSA) is 75.9 Å². The number of aromatic nitrogens is 4. The average molecular weight is 341 g/mol. The number of allylic oxidation sites excluding steroid dienone is 1. The van der Waals surface area contributed by atoms with Crippen LogP contribution in [0.1, 0.15) is 24.2 Å². The van der Waals surface area contributed by atoms with Crippen LogP contribution in [-0.2, 0) is 13.0 Å². The summed E-state index contributed by atoms with van der Waals surface area (Å²) in [4.78, 5) is 12.9. The van der Waals surface area contributed by atoms with Crippen LogP contribution in [0.5, 0.6) is 0 Å². The van der Waals surface area contributed by atoms with Gasteiger partial charge in [-0.2, -0.15) is 5.10 Å². The fourth-order valence-corrected chi connectivity index (χ4v) is 3.74. The second-order valence-corrected chi connectivity index (χ2v) is 7.38. The molecule has 25 heavy (non-hydrogen) atoms. The number of hydrogen-bond acceptors (Lipinski definition) is 5. The van der Waals surface area contributed by atoms with E-state index in [9.17, 15) is 0 Å². The number of nitrogens with one attached hydrogen (secondary N) is 3. The van der Waals surface area contributed by atoms with Gasteiger partial charge >= 0.3 is 0 Å². The molecule has 7 nitrogen and oxygen atoms in total. The first-order valence-electron chi connectivity index (χ1n) is 9.04. The van der Waals surface area contributed by atoms with Crippen LogP contribution in [0.15, 0.2) is 18.5 Å². The number of H-pyrrole nitrogens is 2. The average Bonchev–Trinajstić information content (AvgIpc) is 3.21. The molecule has 0 saturated carbocycles. The molecule has 3 N–H and O–H groups in total. The Kier molecular flexibility index (Phi) is 4.35. The van der Waals surface area contributed by atoms with Gasteiger partial charge in [-0.15, -0.1) is 0 Å². The second kappa shape index (κ2) is 6.65. The summed E-state index contributed by atoms with van der Waals surface area (Å²) in [5.74, 6) is 1.37. The summed E-state index contributed by atoms with van der Waals surface area (Å²) >= 11 is 0. The summed E-state index contributed by atoms with van der Waals surface area (Å²) in [5.41, 5.74) is 5.31. The lowest BCUT2D eigenvalue weighted by Gasteiger charge is -2.30. The van der Waals surface area contributed by atoms with Gasteiger partial charge in [0.2, 0.25) is 0 Å². The molecule has 0 aliphatic carbocycles. The zero-order chi connectivity index (χ0) is 17.4. The lowest BCUT2D eigenvalue weighted by Crippen LogP contribution is -2.31. The van der Waals surface area contributed by atoms with Crippen LogP contribution in [-0.4, -0.2) is 63.7 Å². The number of rotatable bonds is 4. The predicted molar refractivity (Wildman–Crippen MR) is 99.2 cm³/mol. The Balaban J connectivity index is 1.50. The Hall–Kier alpha value is -2.12. The minimum Gasteiger partial charge on any atom is -0.356 e. The molecule has 134 valence electrons. The van der Waals surface area contributed by atoms with E-state index >= 15 is 0 Å². The summed E-state index contributed by atoms with van der Waals surface area (Å²) in [6.45, 7) is 8.51. The number of imidazole rings is 1. The van der Waals surface area contributed by atoms with Gasteiger partial charge in [-0.1, -0.05) is 6.58 Å². The summed E-state index contributed by atoms with van der Waals surface area (Å²) in [6, 6.07) is 0. The highest BCUT2D eigenvalue weighted by atomic mass is 15.2. The van der Waals surface area contributed by atoms with Gasteiger partial charge in [0.15, 0.2) is 5.82 Å². The Labute approximate surface area is 148 Å². The smallest absolute Gasteiger partial charge is 0.158 e. The molecule has 0 amide bonds. The lowest BCUT2D eigenvalue weighted by molar-refractivity contribution is 0.239. The number of likely N-dealkylation sites (N-methyl/N-ethyl adjacent to an activating group) is 1. The summed E-state index contributed by atoms with van der Waals surface area (Å²) < 4.78 is 0. The number of nitrogens with zero attached hydrogens (tertiary/aromatic N) is 4. The predicted octanol–water partition coefficient (Wildman–Crippen LogP) is 2.06. The molecular formula is C18H27N7. The highest BCUT2D eigenvalue weighted by Gasteiger charge is 2.23. The van der Waals surface area contributed by atoms with Gasteiger partial charge in [0.25, 0.3) is 0 Å². The third-order valence-corrected chi connectivity index (χ3v) is 5.41. The maximum atomic E-state index is 4.79. The maximum Gasteiger partial charge on any atom is 0.158 e. The highest BCUT2D eigenvalue weighted by Crippen LogP contribution is 2.30. The van der Waals surface area contributed by atoms with Crippen molar-refractivity contribution in [3.05, 3.63) is 29.9 Å². The van der Waals surface area contributed by atoms with Crippen LogP contribution in [0.3, 0.4) is 0 Å². The zero-order valence-corrected chi connectivity index (χ0v) is 15.1. The minimum atomic E-state index is 0.511. The molecule has 0 spiro atoms.